The third kappa shape index (κ3) is 1.83. The molecule has 2 heterocycles. The summed E-state index contributed by atoms with van der Waals surface area (Å²) in [5.74, 6) is 0.930. The van der Waals surface area contributed by atoms with Gasteiger partial charge in [0.2, 0.25) is 0 Å². The molecule has 0 bridgehead atoms. The SMILES string of the molecule is Cc1ccc2nc(C3(N)CCNCC3)[nH]c2c1. The molecule has 90 valence electrons. The summed E-state index contributed by atoms with van der Waals surface area (Å²) in [6.07, 6.45) is 1.87. The average Bonchev–Trinajstić information content (AvgIpc) is 2.73. The molecule has 0 atom stereocenters. The van der Waals surface area contributed by atoms with E-state index in [9.17, 15) is 0 Å². The summed E-state index contributed by atoms with van der Waals surface area (Å²) in [5, 5.41) is 3.33. The molecular formula is C13H18N4. The second-order valence-electron chi connectivity index (χ2n) is 5.01. The first kappa shape index (κ1) is 10.7. The quantitative estimate of drug-likeness (QED) is 0.694. The zero-order chi connectivity index (χ0) is 11.9. The predicted octanol–water partition coefficient (Wildman–Crippen LogP) is 1.41. The van der Waals surface area contributed by atoms with Crippen LogP contribution in [0.5, 0.6) is 0 Å². The number of nitrogens with two attached hydrogens (primary N) is 1. The van der Waals surface area contributed by atoms with Crippen molar-refractivity contribution in [3.8, 4) is 0 Å². The Bertz CT molecular complexity index is 537. The summed E-state index contributed by atoms with van der Waals surface area (Å²) >= 11 is 0. The van der Waals surface area contributed by atoms with E-state index >= 15 is 0 Å². The number of piperidine rings is 1. The molecule has 4 heteroatoms. The number of aryl methyl sites for hydroxylation is 1. The summed E-state index contributed by atoms with van der Waals surface area (Å²) in [4.78, 5) is 8.02. The maximum Gasteiger partial charge on any atom is 0.127 e. The molecule has 3 rings (SSSR count). The number of H-pyrrole nitrogens is 1. The van der Waals surface area contributed by atoms with Crippen molar-refractivity contribution in [3.63, 3.8) is 0 Å². The number of nitrogens with zero attached hydrogens (tertiary/aromatic N) is 1. The van der Waals surface area contributed by atoms with Crippen LogP contribution in [0.1, 0.15) is 24.2 Å². The van der Waals surface area contributed by atoms with Gasteiger partial charge >= 0.3 is 0 Å². The molecule has 0 radical (unpaired) electrons. The molecule has 1 aliphatic rings. The van der Waals surface area contributed by atoms with Crippen molar-refractivity contribution in [3.05, 3.63) is 29.6 Å². The number of benzene rings is 1. The van der Waals surface area contributed by atoms with E-state index in [0.29, 0.717) is 0 Å². The molecule has 1 saturated heterocycles. The van der Waals surface area contributed by atoms with Gasteiger partial charge in [-0.25, -0.2) is 4.98 Å². The number of imidazole rings is 1. The highest BCUT2D eigenvalue weighted by Crippen LogP contribution is 2.27. The van der Waals surface area contributed by atoms with E-state index in [2.05, 4.69) is 40.4 Å². The molecule has 1 aromatic carbocycles. The molecule has 0 spiro atoms. The molecular weight excluding hydrogens is 212 g/mol. The lowest BCUT2D eigenvalue weighted by molar-refractivity contribution is 0.304. The molecule has 0 aliphatic carbocycles. The predicted molar refractivity (Wildman–Crippen MR) is 68.8 cm³/mol. The number of nitrogens with one attached hydrogen (secondary N) is 2. The van der Waals surface area contributed by atoms with E-state index < -0.39 is 0 Å². The van der Waals surface area contributed by atoms with Gasteiger partial charge in [-0.3, -0.25) is 0 Å². The lowest BCUT2D eigenvalue weighted by atomic mass is 9.89. The Morgan fingerprint density at radius 1 is 1.29 bits per heavy atom. The highest BCUT2D eigenvalue weighted by atomic mass is 15.0. The van der Waals surface area contributed by atoms with Crippen LogP contribution in [0.25, 0.3) is 11.0 Å². The first-order valence-electron chi connectivity index (χ1n) is 6.14. The Kier molecular flexibility index (Phi) is 2.42. The van der Waals surface area contributed by atoms with Crippen LogP contribution in [0.2, 0.25) is 0 Å². The van der Waals surface area contributed by atoms with Gasteiger partial charge in [-0.05, 0) is 50.6 Å². The molecule has 1 aromatic heterocycles. The third-order valence-electron chi connectivity index (χ3n) is 3.60. The van der Waals surface area contributed by atoms with Gasteiger partial charge in [0.1, 0.15) is 5.82 Å². The number of fused-ring (bicyclic) bond motifs is 1. The highest BCUT2D eigenvalue weighted by molar-refractivity contribution is 5.76. The Morgan fingerprint density at radius 2 is 2.06 bits per heavy atom. The van der Waals surface area contributed by atoms with Crippen LogP contribution < -0.4 is 11.1 Å². The molecule has 0 saturated carbocycles. The maximum atomic E-state index is 6.45. The Morgan fingerprint density at radius 3 is 2.82 bits per heavy atom. The normalized spacial score (nSPS) is 19.6. The zero-order valence-corrected chi connectivity index (χ0v) is 10.1. The van der Waals surface area contributed by atoms with Gasteiger partial charge in [0.15, 0.2) is 0 Å². The minimum atomic E-state index is -0.293. The monoisotopic (exact) mass is 230 g/mol. The topological polar surface area (TPSA) is 66.7 Å². The fraction of sp³-hybridized carbons (Fsp3) is 0.462. The van der Waals surface area contributed by atoms with Crippen LogP contribution in [-0.2, 0) is 5.54 Å². The van der Waals surface area contributed by atoms with E-state index in [-0.39, 0.29) is 5.54 Å². The summed E-state index contributed by atoms with van der Waals surface area (Å²) < 4.78 is 0. The van der Waals surface area contributed by atoms with Crippen LogP contribution in [0.15, 0.2) is 18.2 Å². The van der Waals surface area contributed by atoms with Crippen molar-refractivity contribution < 1.29 is 0 Å². The van der Waals surface area contributed by atoms with Crippen LogP contribution in [0, 0.1) is 6.92 Å². The molecule has 2 aromatic rings. The molecule has 4 N–H and O–H groups in total. The number of rotatable bonds is 1. The van der Waals surface area contributed by atoms with E-state index in [1.54, 1.807) is 0 Å². The van der Waals surface area contributed by atoms with Gasteiger partial charge < -0.3 is 16.0 Å². The first-order valence-corrected chi connectivity index (χ1v) is 6.14. The largest absolute Gasteiger partial charge is 0.340 e. The second kappa shape index (κ2) is 3.82. The van der Waals surface area contributed by atoms with E-state index in [1.165, 1.54) is 5.56 Å². The van der Waals surface area contributed by atoms with Gasteiger partial charge in [-0.2, -0.15) is 0 Å². The molecule has 0 amide bonds. The number of hydrogen-bond donors (Lipinski definition) is 3. The highest BCUT2D eigenvalue weighted by Gasteiger charge is 2.32. The summed E-state index contributed by atoms with van der Waals surface area (Å²) in [7, 11) is 0. The van der Waals surface area contributed by atoms with Crippen LogP contribution in [0.3, 0.4) is 0 Å². The summed E-state index contributed by atoms with van der Waals surface area (Å²) in [6, 6.07) is 6.25. The number of aromatic nitrogens is 2. The fourth-order valence-corrected chi connectivity index (χ4v) is 2.47. The van der Waals surface area contributed by atoms with E-state index in [4.69, 9.17) is 5.73 Å². The van der Waals surface area contributed by atoms with Gasteiger partial charge in [0.25, 0.3) is 0 Å². The van der Waals surface area contributed by atoms with Crippen molar-refractivity contribution in [1.82, 2.24) is 15.3 Å². The Labute approximate surface area is 101 Å². The van der Waals surface area contributed by atoms with Crippen molar-refractivity contribution >= 4 is 11.0 Å². The molecule has 17 heavy (non-hydrogen) atoms. The standard InChI is InChI=1S/C13H18N4/c1-9-2-3-10-11(8-9)17-12(16-10)13(14)4-6-15-7-5-13/h2-3,8,15H,4-7,14H2,1H3,(H,16,17). The molecule has 4 nitrogen and oxygen atoms in total. The lowest BCUT2D eigenvalue weighted by Gasteiger charge is -2.31. The lowest BCUT2D eigenvalue weighted by Crippen LogP contribution is -2.47. The van der Waals surface area contributed by atoms with Crippen LogP contribution in [-0.4, -0.2) is 23.1 Å². The smallest absolute Gasteiger partial charge is 0.127 e. The number of hydrogen-bond acceptors (Lipinski definition) is 3. The minimum Gasteiger partial charge on any atom is -0.340 e. The second-order valence-corrected chi connectivity index (χ2v) is 5.01. The van der Waals surface area contributed by atoms with Crippen molar-refractivity contribution in [2.75, 3.05) is 13.1 Å². The minimum absolute atomic E-state index is 0.293. The average molecular weight is 230 g/mol. The van der Waals surface area contributed by atoms with Gasteiger partial charge in [0.05, 0.1) is 16.6 Å². The van der Waals surface area contributed by atoms with E-state index in [1.807, 2.05) is 0 Å². The van der Waals surface area contributed by atoms with Gasteiger partial charge in [-0.15, -0.1) is 0 Å². The van der Waals surface area contributed by atoms with Crippen LogP contribution >= 0.6 is 0 Å². The molecule has 1 aliphatic heterocycles. The summed E-state index contributed by atoms with van der Waals surface area (Å²) in [5.41, 5.74) is 9.49. The fourth-order valence-electron chi connectivity index (χ4n) is 2.47. The van der Waals surface area contributed by atoms with E-state index in [0.717, 1.165) is 42.8 Å². The van der Waals surface area contributed by atoms with Gasteiger partial charge in [-0.1, -0.05) is 6.07 Å². The van der Waals surface area contributed by atoms with Crippen molar-refractivity contribution in [2.24, 2.45) is 5.73 Å². The molecule has 1 fully saturated rings. The number of aromatic amines is 1. The molecule has 0 unspecified atom stereocenters. The van der Waals surface area contributed by atoms with Gasteiger partial charge in [0, 0.05) is 0 Å². The maximum absolute atomic E-state index is 6.45. The summed E-state index contributed by atoms with van der Waals surface area (Å²) in [6.45, 7) is 4.02. The third-order valence-corrected chi connectivity index (χ3v) is 3.60. The first-order chi connectivity index (χ1) is 8.17. The van der Waals surface area contributed by atoms with Crippen molar-refractivity contribution in [2.45, 2.75) is 25.3 Å². The Hall–Kier alpha value is -1.39. The van der Waals surface area contributed by atoms with Crippen LogP contribution in [0.4, 0.5) is 0 Å². The Balaban J connectivity index is 2.05. The zero-order valence-electron chi connectivity index (χ0n) is 10.1. The van der Waals surface area contributed by atoms with Crippen molar-refractivity contribution in [1.29, 1.82) is 0 Å².